The van der Waals surface area contributed by atoms with Gasteiger partial charge in [-0.3, -0.25) is 4.79 Å². The molecule has 0 radical (unpaired) electrons. The van der Waals surface area contributed by atoms with Gasteiger partial charge in [0.15, 0.2) is 0 Å². The maximum absolute atomic E-state index is 11.4. The van der Waals surface area contributed by atoms with Crippen molar-refractivity contribution in [1.82, 2.24) is 4.90 Å². The Kier molecular flexibility index (Phi) is 3.10. The minimum Gasteiger partial charge on any atom is -0.335 e. The number of carbonyl (C=O) groups is 2. The zero-order valence-corrected chi connectivity index (χ0v) is 11.3. The minimum absolute atomic E-state index is 0.136. The van der Waals surface area contributed by atoms with E-state index in [0.717, 1.165) is 6.29 Å². The minimum atomic E-state index is -1.52. The van der Waals surface area contributed by atoms with E-state index in [1.807, 2.05) is 0 Å². The van der Waals surface area contributed by atoms with Gasteiger partial charge in [0, 0.05) is 12.1 Å². The fourth-order valence-electron chi connectivity index (χ4n) is 1.91. The summed E-state index contributed by atoms with van der Waals surface area (Å²) in [6, 6.07) is 0. The molecule has 86 valence electrons. The summed E-state index contributed by atoms with van der Waals surface area (Å²) in [5.41, 5.74) is 0.343. The molecule has 0 spiro atoms. The van der Waals surface area contributed by atoms with E-state index in [0.29, 0.717) is 12.1 Å². The van der Waals surface area contributed by atoms with Crippen molar-refractivity contribution in [1.29, 1.82) is 0 Å². The molecule has 1 atom stereocenters. The third kappa shape index (κ3) is 2.00. The summed E-state index contributed by atoms with van der Waals surface area (Å²) in [6.45, 7) is 11.6. The molecule has 4 heteroatoms. The second-order valence-electron chi connectivity index (χ2n) is 5.90. The normalized spacial score (nSPS) is 22.6. The maximum atomic E-state index is 11.4. The average Bonchev–Trinajstić information content (AvgIpc) is 2.08. The largest absolute Gasteiger partial charge is 0.335 e. The number of rotatable bonds is 3. The Hall–Kier alpha value is -0.643. The summed E-state index contributed by atoms with van der Waals surface area (Å²) in [5.74, 6) is 0.136. The van der Waals surface area contributed by atoms with Crippen LogP contribution >= 0.6 is 0 Å². The Morgan fingerprint density at radius 3 is 2.33 bits per heavy atom. The summed E-state index contributed by atoms with van der Waals surface area (Å²) in [6.07, 6.45) is 1.47. The molecule has 15 heavy (non-hydrogen) atoms. The predicted molar refractivity (Wildman–Crippen MR) is 63.4 cm³/mol. The van der Waals surface area contributed by atoms with Crippen LogP contribution in [0, 0.1) is 0 Å². The predicted octanol–water partition coefficient (Wildman–Crippen LogP) is 1.83. The van der Waals surface area contributed by atoms with E-state index in [4.69, 9.17) is 0 Å². The molecule has 1 aliphatic heterocycles. The molecule has 1 fully saturated rings. The SMILES string of the molecule is CC(C)(C)[Si](C)(C)C1CC(=O)N1CC=O. The van der Waals surface area contributed by atoms with Gasteiger partial charge in [0.05, 0.1) is 14.6 Å². The van der Waals surface area contributed by atoms with Gasteiger partial charge < -0.3 is 9.69 Å². The monoisotopic (exact) mass is 227 g/mol. The number of amides is 1. The van der Waals surface area contributed by atoms with Crippen LogP contribution in [-0.2, 0) is 9.59 Å². The van der Waals surface area contributed by atoms with E-state index in [1.54, 1.807) is 4.90 Å². The lowest BCUT2D eigenvalue weighted by molar-refractivity contribution is -0.144. The summed E-state index contributed by atoms with van der Waals surface area (Å²) in [5, 5.41) is 0.263. The molecule has 1 heterocycles. The van der Waals surface area contributed by atoms with Crippen molar-refractivity contribution in [2.45, 2.75) is 51.0 Å². The summed E-state index contributed by atoms with van der Waals surface area (Å²) < 4.78 is 0. The van der Waals surface area contributed by atoms with E-state index < -0.39 is 8.07 Å². The van der Waals surface area contributed by atoms with Crippen LogP contribution < -0.4 is 0 Å². The molecule has 0 saturated carbocycles. The molecule has 3 nitrogen and oxygen atoms in total. The maximum Gasteiger partial charge on any atom is 0.224 e. The Morgan fingerprint density at radius 1 is 1.47 bits per heavy atom. The number of aldehydes is 1. The van der Waals surface area contributed by atoms with Gasteiger partial charge in [-0.25, -0.2) is 0 Å². The van der Waals surface area contributed by atoms with Gasteiger partial charge in [0.25, 0.3) is 0 Å². The van der Waals surface area contributed by atoms with Crippen molar-refractivity contribution in [3.8, 4) is 0 Å². The van der Waals surface area contributed by atoms with Crippen molar-refractivity contribution in [3.63, 3.8) is 0 Å². The standard InChI is InChI=1S/C11H21NO2Si/c1-11(2,3)15(4,5)10-8-9(14)12(10)6-7-13/h7,10H,6,8H2,1-5H3. The molecule has 0 aromatic carbocycles. The Labute approximate surface area is 92.8 Å². The molecule has 0 N–H and O–H groups in total. The molecule has 0 aliphatic carbocycles. The fraction of sp³-hybridized carbons (Fsp3) is 0.818. The van der Waals surface area contributed by atoms with E-state index in [-0.39, 0.29) is 17.5 Å². The first-order valence-electron chi connectivity index (χ1n) is 5.45. The highest BCUT2D eigenvalue weighted by atomic mass is 28.3. The molecular formula is C11H21NO2Si. The zero-order valence-electron chi connectivity index (χ0n) is 10.3. The van der Waals surface area contributed by atoms with Gasteiger partial charge >= 0.3 is 0 Å². The average molecular weight is 227 g/mol. The lowest BCUT2D eigenvalue weighted by atomic mass is 10.2. The highest BCUT2D eigenvalue weighted by Gasteiger charge is 2.51. The number of β-lactam (4-membered cyclic amide) rings is 1. The highest BCUT2D eigenvalue weighted by Crippen LogP contribution is 2.43. The molecule has 1 unspecified atom stereocenters. The van der Waals surface area contributed by atoms with Gasteiger partial charge in [-0.15, -0.1) is 0 Å². The molecular weight excluding hydrogens is 206 g/mol. The van der Waals surface area contributed by atoms with Gasteiger partial charge in [-0.2, -0.15) is 0 Å². The summed E-state index contributed by atoms with van der Waals surface area (Å²) in [7, 11) is -1.52. The third-order valence-electron chi connectivity index (χ3n) is 4.10. The molecule has 1 rings (SSSR count). The molecule has 0 bridgehead atoms. The van der Waals surface area contributed by atoms with Crippen LogP contribution in [0.2, 0.25) is 18.1 Å². The van der Waals surface area contributed by atoms with Gasteiger partial charge in [-0.05, 0) is 5.04 Å². The van der Waals surface area contributed by atoms with Crippen LogP contribution in [0.25, 0.3) is 0 Å². The van der Waals surface area contributed by atoms with Crippen molar-refractivity contribution >= 4 is 20.3 Å². The van der Waals surface area contributed by atoms with Crippen LogP contribution in [0.3, 0.4) is 0 Å². The fourth-order valence-corrected chi connectivity index (χ4v) is 4.62. The van der Waals surface area contributed by atoms with Gasteiger partial charge in [0.1, 0.15) is 6.29 Å². The van der Waals surface area contributed by atoms with Crippen LogP contribution in [-0.4, -0.2) is 37.4 Å². The van der Waals surface area contributed by atoms with Crippen LogP contribution in [0.4, 0.5) is 0 Å². The van der Waals surface area contributed by atoms with Crippen LogP contribution in [0.15, 0.2) is 0 Å². The van der Waals surface area contributed by atoms with Crippen molar-refractivity contribution in [3.05, 3.63) is 0 Å². The number of likely N-dealkylation sites (tertiary alicyclic amines) is 1. The van der Waals surface area contributed by atoms with E-state index in [9.17, 15) is 9.59 Å². The van der Waals surface area contributed by atoms with Crippen molar-refractivity contribution < 1.29 is 9.59 Å². The Morgan fingerprint density at radius 2 is 2.00 bits per heavy atom. The molecule has 1 saturated heterocycles. The smallest absolute Gasteiger partial charge is 0.224 e. The Bertz CT molecular complexity index is 281. The van der Waals surface area contributed by atoms with E-state index in [1.165, 1.54) is 0 Å². The Balaban J connectivity index is 2.81. The molecule has 1 aliphatic rings. The molecule has 1 amide bonds. The van der Waals surface area contributed by atoms with Gasteiger partial charge in [0.2, 0.25) is 5.91 Å². The van der Waals surface area contributed by atoms with Gasteiger partial charge in [-0.1, -0.05) is 33.9 Å². The first-order chi connectivity index (χ1) is 6.71. The second kappa shape index (κ2) is 3.74. The number of hydrogen-bond donors (Lipinski definition) is 0. The lowest BCUT2D eigenvalue weighted by Gasteiger charge is -2.52. The zero-order chi connectivity index (χ0) is 11.9. The summed E-state index contributed by atoms with van der Waals surface area (Å²) in [4.78, 5) is 23.6. The quantitative estimate of drug-likeness (QED) is 0.419. The number of carbonyl (C=O) groups excluding carboxylic acids is 2. The molecule has 0 aromatic heterocycles. The topological polar surface area (TPSA) is 37.4 Å². The van der Waals surface area contributed by atoms with E-state index >= 15 is 0 Å². The van der Waals surface area contributed by atoms with Crippen LogP contribution in [0.1, 0.15) is 27.2 Å². The highest BCUT2D eigenvalue weighted by molar-refractivity contribution is 6.82. The van der Waals surface area contributed by atoms with E-state index in [2.05, 4.69) is 33.9 Å². The van der Waals surface area contributed by atoms with Crippen LogP contribution in [0.5, 0.6) is 0 Å². The van der Waals surface area contributed by atoms with Crippen molar-refractivity contribution in [2.75, 3.05) is 6.54 Å². The lowest BCUT2D eigenvalue weighted by Crippen LogP contribution is -2.67. The first-order valence-corrected chi connectivity index (χ1v) is 8.52. The molecule has 0 aromatic rings. The third-order valence-corrected chi connectivity index (χ3v) is 10.1. The number of nitrogens with zero attached hydrogens (tertiary/aromatic N) is 1. The first kappa shape index (κ1) is 12.4. The summed E-state index contributed by atoms with van der Waals surface area (Å²) >= 11 is 0. The second-order valence-corrected chi connectivity index (χ2v) is 11.5. The van der Waals surface area contributed by atoms with Crippen molar-refractivity contribution in [2.24, 2.45) is 0 Å². The number of hydrogen-bond acceptors (Lipinski definition) is 2.